The van der Waals surface area contributed by atoms with Crippen molar-refractivity contribution < 1.29 is 14.3 Å². The number of aromatic carboxylic acids is 1. The number of aromatic nitrogens is 2. The quantitative estimate of drug-likeness (QED) is 0.736. The van der Waals surface area contributed by atoms with Gasteiger partial charge in [-0.1, -0.05) is 18.2 Å². The van der Waals surface area contributed by atoms with Gasteiger partial charge in [-0.25, -0.2) is 14.8 Å². The summed E-state index contributed by atoms with van der Waals surface area (Å²) in [4.78, 5) is 22.8. The van der Waals surface area contributed by atoms with E-state index in [1.807, 2.05) is 37.4 Å². The molecule has 1 saturated heterocycles. The first kappa shape index (κ1) is 17.4. The maximum Gasteiger partial charge on any atom is 0.336 e. The average Bonchev–Trinajstić information content (AvgIpc) is 3.32. The van der Waals surface area contributed by atoms with Crippen LogP contribution in [0.2, 0.25) is 0 Å². The first-order chi connectivity index (χ1) is 13.1. The molecule has 1 aromatic carbocycles. The summed E-state index contributed by atoms with van der Waals surface area (Å²) in [5.74, 6) is 1.28. The third kappa shape index (κ3) is 3.61. The molecule has 27 heavy (non-hydrogen) atoms. The van der Waals surface area contributed by atoms with Crippen molar-refractivity contribution in [1.29, 1.82) is 0 Å². The maximum absolute atomic E-state index is 11.4. The molecule has 0 bridgehead atoms. The second-order valence-corrected chi connectivity index (χ2v) is 6.80. The molecule has 0 unspecified atom stereocenters. The molecule has 0 radical (unpaired) electrons. The van der Waals surface area contributed by atoms with E-state index in [2.05, 4.69) is 14.9 Å². The van der Waals surface area contributed by atoms with Crippen molar-refractivity contribution in [2.75, 3.05) is 6.54 Å². The van der Waals surface area contributed by atoms with Crippen LogP contribution >= 0.6 is 0 Å². The third-order valence-corrected chi connectivity index (χ3v) is 4.92. The monoisotopic (exact) mass is 363 g/mol. The lowest BCUT2D eigenvalue weighted by molar-refractivity contribution is 0.0697. The molecule has 1 fully saturated rings. The molecule has 0 aliphatic carbocycles. The smallest absolute Gasteiger partial charge is 0.336 e. The van der Waals surface area contributed by atoms with Gasteiger partial charge in [-0.3, -0.25) is 4.90 Å². The van der Waals surface area contributed by atoms with E-state index in [1.54, 1.807) is 18.2 Å². The number of carboxylic acid groups (broad SMARTS) is 1. The summed E-state index contributed by atoms with van der Waals surface area (Å²) in [5, 5.41) is 9.38. The van der Waals surface area contributed by atoms with Crippen LogP contribution in [0.15, 0.2) is 53.1 Å². The van der Waals surface area contributed by atoms with Gasteiger partial charge in [-0.2, -0.15) is 0 Å². The molecular formula is C21H21N3O3. The minimum atomic E-state index is -0.959. The Hall–Kier alpha value is -2.99. The van der Waals surface area contributed by atoms with Gasteiger partial charge in [-0.15, -0.1) is 0 Å². The predicted octanol–water partition coefficient (Wildman–Crippen LogP) is 4.08. The van der Waals surface area contributed by atoms with E-state index in [0.29, 0.717) is 17.9 Å². The van der Waals surface area contributed by atoms with Gasteiger partial charge < -0.3 is 9.52 Å². The molecule has 6 heteroatoms. The summed E-state index contributed by atoms with van der Waals surface area (Å²) in [6.07, 6.45) is 3.93. The zero-order valence-corrected chi connectivity index (χ0v) is 15.1. The topological polar surface area (TPSA) is 79.5 Å². The van der Waals surface area contributed by atoms with Crippen molar-refractivity contribution in [3.63, 3.8) is 0 Å². The minimum Gasteiger partial charge on any atom is -0.478 e. The first-order valence-corrected chi connectivity index (χ1v) is 9.07. The summed E-state index contributed by atoms with van der Waals surface area (Å²) in [5.41, 5.74) is 1.80. The Balaban J connectivity index is 1.55. The van der Waals surface area contributed by atoms with Crippen molar-refractivity contribution >= 4 is 5.97 Å². The van der Waals surface area contributed by atoms with Gasteiger partial charge in [0.05, 0.1) is 18.2 Å². The SMILES string of the molecule is Cc1ccnc([C@@H]2CCCN2Cc2ccc(-c3ccccc3C(=O)O)o2)n1. The fourth-order valence-electron chi connectivity index (χ4n) is 3.63. The Bertz CT molecular complexity index is 967. The van der Waals surface area contributed by atoms with Gasteiger partial charge >= 0.3 is 5.97 Å². The molecule has 138 valence electrons. The average molecular weight is 363 g/mol. The second-order valence-electron chi connectivity index (χ2n) is 6.80. The number of aryl methyl sites for hydroxylation is 1. The maximum atomic E-state index is 11.4. The lowest BCUT2D eigenvalue weighted by Crippen LogP contribution is -2.24. The summed E-state index contributed by atoms with van der Waals surface area (Å²) in [6, 6.07) is 12.7. The Labute approximate surface area is 157 Å². The number of hydrogen-bond acceptors (Lipinski definition) is 5. The fourth-order valence-corrected chi connectivity index (χ4v) is 3.63. The summed E-state index contributed by atoms with van der Waals surface area (Å²) >= 11 is 0. The molecule has 2 aromatic heterocycles. The number of benzene rings is 1. The first-order valence-electron chi connectivity index (χ1n) is 9.07. The van der Waals surface area contributed by atoms with Gasteiger partial charge in [0, 0.05) is 17.5 Å². The molecule has 4 rings (SSSR count). The summed E-state index contributed by atoms with van der Waals surface area (Å²) in [7, 11) is 0. The molecule has 1 atom stereocenters. The number of furan rings is 1. The molecule has 3 aromatic rings. The molecule has 6 nitrogen and oxygen atoms in total. The van der Waals surface area contributed by atoms with Gasteiger partial charge in [-0.05, 0) is 50.6 Å². The molecule has 0 spiro atoms. The molecule has 1 aliphatic rings. The molecule has 0 saturated carbocycles. The number of carbonyl (C=O) groups is 1. The van der Waals surface area contributed by atoms with E-state index in [0.717, 1.165) is 36.7 Å². The van der Waals surface area contributed by atoms with Crippen molar-refractivity contribution in [2.24, 2.45) is 0 Å². The van der Waals surface area contributed by atoms with Crippen LogP contribution in [0.3, 0.4) is 0 Å². The number of hydrogen-bond donors (Lipinski definition) is 1. The Morgan fingerprint density at radius 3 is 2.93 bits per heavy atom. The van der Waals surface area contributed by atoms with E-state index >= 15 is 0 Å². The van der Waals surface area contributed by atoms with Crippen LogP contribution in [0.5, 0.6) is 0 Å². The van der Waals surface area contributed by atoms with Crippen molar-refractivity contribution in [1.82, 2.24) is 14.9 Å². The van der Waals surface area contributed by atoms with E-state index in [1.165, 1.54) is 0 Å². The molecule has 1 N–H and O–H groups in total. The van der Waals surface area contributed by atoms with Crippen molar-refractivity contribution in [3.8, 4) is 11.3 Å². The Morgan fingerprint density at radius 1 is 1.26 bits per heavy atom. The van der Waals surface area contributed by atoms with E-state index in [-0.39, 0.29) is 11.6 Å². The highest BCUT2D eigenvalue weighted by atomic mass is 16.4. The Morgan fingerprint density at radius 2 is 2.11 bits per heavy atom. The van der Waals surface area contributed by atoms with E-state index in [9.17, 15) is 9.90 Å². The van der Waals surface area contributed by atoms with E-state index in [4.69, 9.17) is 4.42 Å². The number of carboxylic acids is 1. The highest BCUT2D eigenvalue weighted by molar-refractivity contribution is 5.95. The number of rotatable bonds is 5. The molecule has 3 heterocycles. The van der Waals surface area contributed by atoms with Gasteiger partial charge in [0.2, 0.25) is 0 Å². The Kier molecular flexibility index (Phi) is 4.73. The molecule has 1 aliphatic heterocycles. The van der Waals surface area contributed by atoms with Crippen LogP contribution in [0.1, 0.15) is 46.5 Å². The lowest BCUT2D eigenvalue weighted by atomic mass is 10.1. The van der Waals surface area contributed by atoms with Gasteiger partial charge in [0.1, 0.15) is 17.3 Å². The van der Waals surface area contributed by atoms with Gasteiger partial charge in [0.25, 0.3) is 0 Å². The summed E-state index contributed by atoms with van der Waals surface area (Å²) in [6.45, 7) is 3.59. The lowest BCUT2D eigenvalue weighted by Gasteiger charge is -2.22. The standard InChI is InChI=1S/C21H21N3O3/c1-14-10-11-22-20(23-14)18-7-4-12-24(18)13-15-8-9-19(27-15)16-5-2-3-6-17(16)21(25)26/h2-3,5-6,8-11,18H,4,7,12-13H2,1H3,(H,25,26)/t18-/m0/s1. The zero-order chi connectivity index (χ0) is 18.8. The number of nitrogens with zero attached hydrogens (tertiary/aromatic N) is 3. The second kappa shape index (κ2) is 7.32. The van der Waals surface area contributed by atoms with Crippen molar-refractivity contribution in [2.45, 2.75) is 32.4 Å². The highest BCUT2D eigenvalue weighted by Gasteiger charge is 2.29. The number of likely N-dealkylation sites (tertiary alicyclic amines) is 1. The summed E-state index contributed by atoms with van der Waals surface area (Å²) < 4.78 is 5.98. The van der Waals surface area contributed by atoms with Crippen LogP contribution in [0, 0.1) is 6.92 Å². The molecular weight excluding hydrogens is 342 g/mol. The predicted molar refractivity (Wildman–Crippen MR) is 100 cm³/mol. The van der Waals surface area contributed by atoms with Gasteiger partial charge in [0.15, 0.2) is 0 Å². The molecule has 0 amide bonds. The van der Waals surface area contributed by atoms with Crippen molar-refractivity contribution in [3.05, 3.63) is 71.5 Å². The fraction of sp³-hybridized carbons (Fsp3) is 0.286. The highest BCUT2D eigenvalue weighted by Crippen LogP contribution is 2.33. The third-order valence-electron chi connectivity index (χ3n) is 4.92. The zero-order valence-electron chi connectivity index (χ0n) is 15.1. The minimum absolute atomic E-state index is 0.185. The largest absolute Gasteiger partial charge is 0.478 e. The van der Waals surface area contributed by atoms with Crippen LogP contribution in [-0.4, -0.2) is 32.5 Å². The van der Waals surface area contributed by atoms with Crippen LogP contribution in [0.25, 0.3) is 11.3 Å². The van der Waals surface area contributed by atoms with Crippen LogP contribution in [-0.2, 0) is 6.54 Å². The van der Waals surface area contributed by atoms with Crippen LogP contribution in [0.4, 0.5) is 0 Å². The normalized spacial score (nSPS) is 17.3. The van der Waals surface area contributed by atoms with E-state index < -0.39 is 5.97 Å². The van der Waals surface area contributed by atoms with Crippen LogP contribution < -0.4 is 0 Å².